The Morgan fingerprint density at radius 3 is 1.43 bits per heavy atom. The first kappa shape index (κ1) is 57.8. The van der Waals surface area contributed by atoms with E-state index in [1.54, 1.807) is 100 Å². The highest BCUT2D eigenvalue weighted by Gasteiger charge is 2.25. The van der Waals surface area contributed by atoms with Gasteiger partial charge in [-0.25, -0.2) is 43.8 Å². The van der Waals surface area contributed by atoms with Gasteiger partial charge in [0.25, 0.3) is 5.69 Å². The SMILES string of the molecule is Cc1c(-c2cccc(S(=O)(=O)N(C)C)c2)c2cc(N)ccc2n1C/C(F)=C/CNC(=O)OC(C)(C)C.Cc1c(-c2cccc(S(=O)(=O)N(C)C)c2)c2cc([N+](=O)[O-])ccc2n1C/C(F)=C/CNC(=O)OC(C)(C)C. The van der Waals surface area contributed by atoms with Crippen LogP contribution in [0.3, 0.4) is 0 Å². The van der Waals surface area contributed by atoms with E-state index in [0.717, 1.165) is 30.8 Å². The minimum atomic E-state index is -3.73. The number of nitro benzene ring substituents is 1. The summed E-state index contributed by atoms with van der Waals surface area (Å²) < 4.78 is 96.7. The maximum absolute atomic E-state index is 15.0. The van der Waals surface area contributed by atoms with Gasteiger partial charge in [-0.2, -0.15) is 0 Å². The molecule has 0 bridgehead atoms. The lowest BCUT2D eigenvalue weighted by molar-refractivity contribution is -0.384. The molecule has 2 heterocycles. The van der Waals surface area contributed by atoms with E-state index in [0.29, 0.717) is 39.0 Å². The molecule has 74 heavy (non-hydrogen) atoms. The van der Waals surface area contributed by atoms with Gasteiger partial charge >= 0.3 is 12.2 Å². The van der Waals surface area contributed by atoms with Gasteiger partial charge in [0.1, 0.15) is 22.9 Å². The molecule has 0 aliphatic rings. The molecule has 0 aliphatic carbocycles. The van der Waals surface area contributed by atoms with Crippen LogP contribution in [0.5, 0.6) is 0 Å². The van der Waals surface area contributed by atoms with Crippen molar-refractivity contribution < 1.29 is 49.6 Å². The maximum atomic E-state index is 15.0. The number of anilines is 1. The van der Waals surface area contributed by atoms with Gasteiger partial charge in [-0.3, -0.25) is 10.1 Å². The van der Waals surface area contributed by atoms with Crippen molar-refractivity contribution in [2.45, 2.75) is 89.5 Å². The van der Waals surface area contributed by atoms with Crippen molar-refractivity contribution in [2.75, 3.05) is 47.0 Å². The number of alkyl carbamates (subject to hydrolysis) is 2. The number of nitrogen functional groups attached to an aromatic ring is 1. The fourth-order valence-corrected chi connectivity index (χ4v) is 9.71. The van der Waals surface area contributed by atoms with Crippen molar-refractivity contribution in [2.24, 2.45) is 0 Å². The molecule has 398 valence electrons. The number of non-ortho nitro benzene ring substituents is 1. The van der Waals surface area contributed by atoms with Crippen LogP contribution in [0.25, 0.3) is 44.1 Å². The Hall–Kier alpha value is -7.14. The Bertz CT molecular complexity index is 3390. The van der Waals surface area contributed by atoms with E-state index in [9.17, 15) is 45.3 Å². The first-order valence-electron chi connectivity index (χ1n) is 23.2. The third-order valence-corrected chi connectivity index (χ3v) is 14.8. The van der Waals surface area contributed by atoms with Gasteiger partial charge in [0, 0.05) is 103 Å². The first-order valence-corrected chi connectivity index (χ1v) is 26.0. The molecule has 0 unspecified atom stereocenters. The number of sulfonamides is 2. The minimum Gasteiger partial charge on any atom is -0.444 e. The lowest BCUT2D eigenvalue weighted by Crippen LogP contribution is -2.32. The number of hydrogen-bond donors (Lipinski definition) is 3. The van der Waals surface area contributed by atoms with Gasteiger partial charge in [0.2, 0.25) is 20.0 Å². The Labute approximate surface area is 430 Å². The average Bonchev–Trinajstić information content (AvgIpc) is 3.72. The second kappa shape index (κ2) is 23.0. The molecule has 0 saturated heterocycles. The molecule has 0 saturated carbocycles. The molecule has 0 aliphatic heterocycles. The molecular weight excluding hydrogens is 999 g/mol. The number of rotatable bonds is 15. The summed E-state index contributed by atoms with van der Waals surface area (Å²) in [5.41, 5.74) is 10.3. The lowest BCUT2D eigenvalue weighted by atomic mass is 10.0. The normalized spacial score (nSPS) is 12.8. The molecular formula is C52H64F2N8O10S2. The van der Waals surface area contributed by atoms with Gasteiger partial charge in [-0.1, -0.05) is 24.3 Å². The van der Waals surface area contributed by atoms with Crippen LogP contribution in [-0.2, 0) is 42.6 Å². The zero-order chi connectivity index (χ0) is 55.2. The highest BCUT2D eigenvalue weighted by molar-refractivity contribution is 7.89. The van der Waals surface area contributed by atoms with Crippen molar-refractivity contribution in [3.63, 3.8) is 0 Å². The molecule has 0 spiro atoms. The molecule has 0 fully saturated rings. The molecule has 2 amide bonds. The quantitative estimate of drug-likeness (QED) is 0.0498. The number of fused-ring (bicyclic) bond motifs is 2. The van der Waals surface area contributed by atoms with E-state index in [2.05, 4.69) is 10.6 Å². The van der Waals surface area contributed by atoms with E-state index < -0.39 is 60.0 Å². The van der Waals surface area contributed by atoms with Crippen LogP contribution in [0.2, 0.25) is 0 Å². The van der Waals surface area contributed by atoms with Crippen LogP contribution in [0.1, 0.15) is 52.9 Å². The van der Waals surface area contributed by atoms with Crippen molar-refractivity contribution in [3.8, 4) is 22.3 Å². The van der Waals surface area contributed by atoms with E-state index >= 15 is 0 Å². The highest BCUT2D eigenvalue weighted by Crippen LogP contribution is 2.39. The van der Waals surface area contributed by atoms with E-state index in [-0.39, 0.29) is 41.7 Å². The third kappa shape index (κ3) is 14.1. The van der Waals surface area contributed by atoms with Crippen LogP contribution in [0.4, 0.5) is 29.7 Å². The Morgan fingerprint density at radius 1 is 0.662 bits per heavy atom. The fraction of sp³-hybridized carbons (Fsp3) is 0.346. The molecule has 0 radical (unpaired) electrons. The number of nitrogens with zero attached hydrogens (tertiary/aromatic N) is 5. The Balaban J connectivity index is 0.000000274. The van der Waals surface area contributed by atoms with Gasteiger partial charge in [0.05, 0.1) is 27.8 Å². The monoisotopic (exact) mass is 1060 g/mol. The average molecular weight is 1060 g/mol. The number of carbonyl (C=O) groups is 2. The fourth-order valence-electron chi connectivity index (χ4n) is 7.82. The topological polar surface area (TPSA) is 230 Å². The standard InChI is InChI=1S/C26H31FN4O6S.C26H33FN4O4S/c1-17-24(18-8-7-9-21(14-18)38(35,36)29(5)6)22-15-20(31(33)34)10-11-23(22)30(17)16-19(27)12-13-28-25(32)37-26(2,3)4;1-17-24(18-8-7-9-21(14-18)36(33,34)30(5)6)22-15-20(28)10-11-23(22)31(17)16-19(27)12-13-29-25(32)35-26(2,3)4/h7-12,14-15H,13,16H2,1-6H3,(H,28,32);7-12,14-15H,13,16,28H2,1-6H3,(H,29,32)/b2*19-12-. The second-order valence-corrected chi connectivity index (χ2v) is 23.8. The van der Waals surface area contributed by atoms with Gasteiger partial charge in [-0.15, -0.1) is 0 Å². The lowest BCUT2D eigenvalue weighted by Gasteiger charge is -2.19. The second-order valence-electron chi connectivity index (χ2n) is 19.5. The zero-order valence-corrected chi connectivity index (χ0v) is 45.2. The molecule has 0 atom stereocenters. The molecule has 18 nitrogen and oxygen atoms in total. The van der Waals surface area contributed by atoms with Gasteiger partial charge in [-0.05, 0) is 127 Å². The molecule has 2 aromatic heterocycles. The van der Waals surface area contributed by atoms with Crippen LogP contribution in [0.15, 0.2) is 119 Å². The van der Waals surface area contributed by atoms with Gasteiger partial charge in [0.15, 0.2) is 0 Å². The minimum absolute atomic E-state index is 0.0246. The number of benzene rings is 4. The predicted octanol–water partition coefficient (Wildman–Crippen LogP) is 9.98. The summed E-state index contributed by atoms with van der Waals surface area (Å²) in [5.74, 6) is -0.992. The number of ether oxygens (including phenoxy) is 2. The summed E-state index contributed by atoms with van der Waals surface area (Å²) in [4.78, 5) is 34.8. The highest BCUT2D eigenvalue weighted by atomic mass is 32.2. The molecule has 6 rings (SSSR count). The number of halogens is 2. The van der Waals surface area contributed by atoms with E-state index in [4.69, 9.17) is 15.2 Å². The summed E-state index contributed by atoms with van der Waals surface area (Å²) in [6.07, 6.45) is 1.20. The number of hydrogen-bond acceptors (Lipinski definition) is 11. The Morgan fingerprint density at radius 2 is 1.05 bits per heavy atom. The first-order chi connectivity index (χ1) is 34.3. The largest absolute Gasteiger partial charge is 0.444 e. The van der Waals surface area contributed by atoms with Crippen molar-refractivity contribution in [1.82, 2.24) is 28.4 Å². The van der Waals surface area contributed by atoms with Crippen LogP contribution >= 0.6 is 0 Å². The molecule has 4 aromatic carbocycles. The number of allylic oxidation sites excluding steroid dienone is 2. The smallest absolute Gasteiger partial charge is 0.407 e. The van der Waals surface area contributed by atoms with Crippen molar-refractivity contribution in [3.05, 3.63) is 130 Å². The van der Waals surface area contributed by atoms with Crippen LogP contribution in [-0.4, -0.2) is 104 Å². The number of nitro groups is 1. The van der Waals surface area contributed by atoms with Crippen molar-refractivity contribution >= 4 is 65.4 Å². The Kier molecular flexibility index (Phi) is 17.9. The summed E-state index contributed by atoms with van der Waals surface area (Å²) in [7, 11) is -1.56. The van der Waals surface area contributed by atoms with E-state index in [1.165, 1.54) is 70.7 Å². The number of aromatic nitrogens is 2. The summed E-state index contributed by atoms with van der Waals surface area (Å²) in [6.45, 7) is 13.6. The number of nitrogens with two attached hydrogens (primary N) is 1. The van der Waals surface area contributed by atoms with Crippen LogP contribution in [0, 0.1) is 24.0 Å². The summed E-state index contributed by atoms with van der Waals surface area (Å²) >= 11 is 0. The number of amides is 2. The predicted molar refractivity (Wildman–Crippen MR) is 284 cm³/mol. The maximum Gasteiger partial charge on any atom is 0.407 e. The van der Waals surface area contributed by atoms with E-state index in [1.807, 2.05) is 19.1 Å². The third-order valence-electron chi connectivity index (χ3n) is 11.2. The summed E-state index contributed by atoms with van der Waals surface area (Å²) in [6, 6.07) is 22.5. The van der Waals surface area contributed by atoms with Gasteiger partial charge < -0.3 is 35.0 Å². The van der Waals surface area contributed by atoms with Crippen molar-refractivity contribution in [1.29, 1.82) is 0 Å². The molecule has 4 N–H and O–H groups in total. The summed E-state index contributed by atoms with van der Waals surface area (Å²) in [5, 5.41) is 17.7. The number of nitrogens with one attached hydrogen (secondary N) is 2. The molecule has 22 heteroatoms. The number of carbonyl (C=O) groups excluding carboxylic acids is 2. The molecule has 6 aromatic rings. The zero-order valence-electron chi connectivity index (χ0n) is 43.5. The van der Waals surface area contributed by atoms with Crippen LogP contribution < -0.4 is 16.4 Å².